The van der Waals surface area contributed by atoms with Crippen molar-refractivity contribution in [3.63, 3.8) is 0 Å². The van der Waals surface area contributed by atoms with Crippen LogP contribution in [0.1, 0.15) is 27.2 Å². The summed E-state index contributed by atoms with van der Waals surface area (Å²) in [7, 11) is 1.74. The lowest BCUT2D eigenvalue weighted by Gasteiger charge is -2.24. The van der Waals surface area contributed by atoms with Crippen molar-refractivity contribution in [2.75, 3.05) is 33.4 Å². The van der Waals surface area contributed by atoms with Gasteiger partial charge in [0.25, 0.3) is 0 Å². The lowest BCUT2D eigenvalue weighted by atomic mass is 10.2. The van der Waals surface area contributed by atoms with E-state index in [1.165, 1.54) is 0 Å². The number of esters is 1. The molecule has 0 saturated carbocycles. The van der Waals surface area contributed by atoms with Crippen molar-refractivity contribution < 1.29 is 14.3 Å². The molecule has 1 N–H and O–H groups in total. The first-order valence-electron chi connectivity index (χ1n) is 6.74. The fourth-order valence-electron chi connectivity index (χ4n) is 2.25. The van der Waals surface area contributed by atoms with Gasteiger partial charge in [-0.2, -0.15) is 0 Å². The lowest BCUT2D eigenvalue weighted by molar-refractivity contribution is -0.146. The van der Waals surface area contributed by atoms with Gasteiger partial charge in [-0.25, -0.2) is 0 Å². The molecular formula is C13H26N2O3. The SMILES string of the molecule is CCOC(=O)C(CN1CCC(OC)C1)NC(C)C. The van der Waals surface area contributed by atoms with E-state index < -0.39 is 0 Å². The van der Waals surface area contributed by atoms with Crippen LogP contribution in [-0.4, -0.2) is 62.4 Å². The second kappa shape index (κ2) is 7.71. The number of carbonyl (C=O) groups is 1. The summed E-state index contributed by atoms with van der Waals surface area (Å²) >= 11 is 0. The minimum absolute atomic E-state index is 0.160. The zero-order valence-corrected chi connectivity index (χ0v) is 11.9. The molecule has 1 fully saturated rings. The maximum atomic E-state index is 11.9. The van der Waals surface area contributed by atoms with Gasteiger partial charge in [0.1, 0.15) is 6.04 Å². The Hall–Kier alpha value is -0.650. The fraction of sp³-hybridized carbons (Fsp3) is 0.923. The summed E-state index contributed by atoms with van der Waals surface area (Å²) in [6.07, 6.45) is 1.33. The predicted molar refractivity (Wildman–Crippen MR) is 70.5 cm³/mol. The standard InChI is InChI=1S/C13H26N2O3/c1-5-18-13(16)12(14-10(2)3)9-15-7-6-11(8-15)17-4/h10-12,14H,5-9H2,1-4H3. The van der Waals surface area contributed by atoms with E-state index in [-0.39, 0.29) is 18.1 Å². The van der Waals surface area contributed by atoms with Crippen molar-refractivity contribution in [2.24, 2.45) is 0 Å². The van der Waals surface area contributed by atoms with Crippen molar-refractivity contribution in [2.45, 2.75) is 45.4 Å². The van der Waals surface area contributed by atoms with Crippen molar-refractivity contribution in [1.29, 1.82) is 0 Å². The number of hydrogen-bond donors (Lipinski definition) is 1. The van der Waals surface area contributed by atoms with E-state index in [1.54, 1.807) is 7.11 Å². The molecule has 1 aliphatic heterocycles. The van der Waals surface area contributed by atoms with Crippen LogP contribution in [0.4, 0.5) is 0 Å². The molecule has 0 aromatic heterocycles. The van der Waals surface area contributed by atoms with Crippen LogP contribution in [0, 0.1) is 0 Å². The molecule has 106 valence electrons. The summed E-state index contributed by atoms with van der Waals surface area (Å²) < 4.78 is 10.4. The molecule has 2 unspecified atom stereocenters. The number of carbonyl (C=O) groups excluding carboxylic acids is 1. The monoisotopic (exact) mass is 258 g/mol. The highest BCUT2D eigenvalue weighted by Crippen LogP contribution is 2.12. The first kappa shape index (κ1) is 15.4. The summed E-state index contributed by atoms with van der Waals surface area (Å²) in [5.74, 6) is -0.160. The molecule has 5 nitrogen and oxygen atoms in total. The second-order valence-corrected chi connectivity index (χ2v) is 5.03. The molecule has 0 aromatic carbocycles. The van der Waals surface area contributed by atoms with E-state index in [2.05, 4.69) is 10.2 Å². The van der Waals surface area contributed by atoms with Crippen LogP contribution in [0.15, 0.2) is 0 Å². The minimum atomic E-state index is -0.249. The predicted octanol–water partition coefficient (Wildman–Crippen LogP) is 0.637. The summed E-state index contributed by atoms with van der Waals surface area (Å²) in [5, 5.41) is 3.27. The highest BCUT2D eigenvalue weighted by Gasteiger charge is 2.28. The number of nitrogens with one attached hydrogen (secondary N) is 1. The minimum Gasteiger partial charge on any atom is -0.465 e. The maximum Gasteiger partial charge on any atom is 0.324 e. The van der Waals surface area contributed by atoms with Crippen LogP contribution < -0.4 is 5.32 Å². The van der Waals surface area contributed by atoms with Crippen LogP contribution in [-0.2, 0) is 14.3 Å². The number of likely N-dealkylation sites (tertiary alicyclic amines) is 1. The van der Waals surface area contributed by atoms with Gasteiger partial charge >= 0.3 is 5.97 Å². The van der Waals surface area contributed by atoms with Gasteiger partial charge in [0.05, 0.1) is 12.7 Å². The molecular weight excluding hydrogens is 232 g/mol. The van der Waals surface area contributed by atoms with E-state index in [0.29, 0.717) is 19.3 Å². The lowest BCUT2D eigenvalue weighted by Crippen LogP contribution is -2.49. The molecule has 1 aliphatic rings. The van der Waals surface area contributed by atoms with Gasteiger partial charge in [-0.05, 0) is 13.3 Å². The van der Waals surface area contributed by atoms with Gasteiger partial charge in [0.15, 0.2) is 0 Å². The van der Waals surface area contributed by atoms with E-state index in [9.17, 15) is 4.79 Å². The van der Waals surface area contributed by atoms with E-state index in [0.717, 1.165) is 19.5 Å². The van der Waals surface area contributed by atoms with Crippen molar-refractivity contribution in [1.82, 2.24) is 10.2 Å². The van der Waals surface area contributed by atoms with Crippen LogP contribution in [0.5, 0.6) is 0 Å². The Bertz CT molecular complexity index is 259. The van der Waals surface area contributed by atoms with Crippen LogP contribution in [0.25, 0.3) is 0 Å². The fourth-order valence-corrected chi connectivity index (χ4v) is 2.25. The zero-order valence-electron chi connectivity index (χ0n) is 11.9. The van der Waals surface area contributed by atoms with Crippen LogP contribution in [0.3, 0.4) is 0 Å². The van der Waals surface area contributed by atoms with E-state index in [1.807, 2.05) is 20.8 Å². The first-order valence-corrected chi connectivity index (χ1v) is 6.74. The van der Waals surface area contributed by atoms with Gasteiger partial charge in [-0.15, -0.1) is 0 Å². The van der Waals surface area contributed by atoms with Gasteiger partial charge in [0, 0.05) is 32.8 Å². The molecule has 0 aromatic rings. The summed E-state index contributed by atoms with van der Waals surface area (Å²) in [6, 6.07) is 0.0146. The average molecular weight is 258 g/mol. The molecule has 18 heavy (non-hydrogen) atoms. The highest BCUT2D eigenvalue weighted by molar-refractivity contribution is 5.76. The number of ether oxygens (including phenoxy) is 2. The van der Waals surface area contributed by atoms with Crippen LogP contribution >= 0.6 is 0 Å². The van der Waals surface area contributed by atoms with E-state index in [4.69, 9.17) is 9.47 Å². The van der Waals surface area contributed by atoms with Gasteiger partial charge in [-0.1, -0.05) is 13.8 Å². The van der Waals surface area contributed by atoms with Gasteiger partial charge in [-0.3, -0.25) is 9.69 Å². The average Bonchev–Trinajstić information content (AvgIpc) is 2.75. The number of hydrogen-bond acceptors (Lipinski definition) is 5. The molecule has 2 atom stereocenters. The van der Waals surface area contributed by atoms with Crippen LogP contribution in [0.2, 0.25) is 0 Å². The summed E-state index contributed by atoms with van der Waals surface area (Å²) in [6.45, 7) is 8.90. The Kier molecular flexibility index (Phi) is 6.60. The molecule has 1 rings (SSSR count). The smallest absolute Gasteiger partial charge is 0.324 e. The third-order valence-corrected chi connectivity index (χ3v) is 3.11. The summed E-state index contributed by atoms with van der Waals surface area (Å²) in [5.41, 5.74) is 0. The Morgan fingerprint density at radius 2 is 2.22 bits per heavy atom. The first-order chi connectivity index (χ1) is 8.56. The third-order valence-electron chi connectivity index (χ3n) is 3.11. The molecule has 0 radical (unpaired) electrons. The molecule has 0 bridgehead atoms. The second-order valence-electron chi connectivity index (χ2n) is 5.03. The van der Waals surface area contributed by atoms with Gasteiger partial charge < -0.3 is 14.8 Å². The number of nitrogens with zero attached hydrogens (tertiary/aromatic N) is 1. The maximum absolute atomic E-state index is 11.9. The number of rotatable bonds is 7. The molecule has 0 aliphatic carbocycles. The topological polar surface area (TPSA) is 50.8 Å². The summed E-state index contributed by atoms with van der Waals surface area (Å²) in [4.78, 5) is 14.1. The molecule has 0 spiro atoms. The highest BCUT2D eigenvalue weighted by atomic mass is 16.5. The Morgan fingerprint density at radius 3 is 2.72 bits per heavy atom. The molecule has 1 heterocycles. The van der Waals surface area contributed by atoms with Gasteiger partial charge in [0.2, 0.25) is 0 Å². The van der Waals surface area contributed by atoms with Crippen molar-refractivity contribution in [3.8, 4) is 0 Å². The quantitative estimate of drug-likeness (QED) is 0.679. The Morgan fingerprint density at radius 1 is 1.50 bits per heavy atom. The zero-order chi connectivity index (χ0) is 13.5. The molecule has 5 heteroatoms. The molecule has 1 saturated heterocycles. The Labute approximate surface area is 110 Å². The van der Waals surface area contributed by atoms with Crippen molar-refractivity contribution in [3.05, 3.63) is 0 Å². The third kappa shape index (κ3) is 4.92. The molecule has 0 amide bonds. The number of methoxy groups -OCH3 is 1. The van der Waals surface area contributed by atoms with Crippen molar-refractivity contribution >= 4 is 5.97 Å². The normalized spacial score (nSPS) is 22.4. The van der Waals surface area contributed by atoms with E-state index >= 15 is 0 Å². The largest absolute Gasteiger partial charge is 0.465 e. The Balaban J connectivity index is 2.48.